The van der Waals surface area contributed by atoms with Crippen LogP contribution in [0.15, 0.2) is 53.4 Å². The van der Waals surface area contributed by atoms with E-state index in [4.69, 9.17) is 17.0 Å². The molecule has 0 spiro atoms. The molecule has 0 fully saturated rings. The zero-order chi connectivity index (χ0) is 17.3. The number of hydrogen-bond donors (Lipinski definition) is 0. The highest BCUT2D eigenvalue weighted by Crippen LogP contribution is 2.41. The van der Waals surface area contributed by atoms with Gasteiger partial charge in [-0.25, -0.2) is 8.42 Å². The van der Waals surface area contributed by atoms with E-state index in [9.17, 15) is 8.42 Å². The van der Waals surface area contributed by atoms with Gasteiger partial charge in [-0.3, -0.25) is 0 Å². The normalized spacial score (nSPS) is 11.4. The summed E-state index contributed by atoms with van der Waals surface area (Å²) in [6.45, 7) is 0. The maximum Gasteiger partial charge on any atom is 0.175 e. The lowest BCUT2D eigenvalue weighted by atomic mass is 10.0. The molecule has 7 heteroatoms. The molecule has 0 bridgehead atoms. The Morgan fingerprint density at radius 3 is 2.04 bits per heavy atom. The van der Waals surface area contributed by atoms with Gasteiger partial charge >= 0.3 is 0 Å². The standard InChI is InChI=1S/C17H14O3S4/c1-20-13-7-3-11(4-8-13)15-16(22-23-17(15)21)12-5-9-14(10-6-12)24(2,18)19/h3-10H,1-2H3. The van der Waals surface area contributed by atoms with Crippen molar-refractivity contribution in [2.75, 3.05) is 13.4 Å². The van der Waals surface area contributed by atoms with Gasteiger partial charge in [-0.05, 0) is 35.4 Å². The summed E-state index contributed by atoms with van der Waals surface area (Å²) in [5.74, 6) is 0.794. The lowest BCUT2D eigenvalue weighted by molar-refractivity contribution is 0.415. The molecule has 24 heavy (non-hydrogen) atoms. The molecule has 3 nitrogen and oxygen atoms in total. The second-order valence-electron chi connectivity index (χ2n) is 5.18. The van der Waals surface area contributed by atoms with E-state index >= 15 is 0 Å². The monoisotopic (exact) mass is 394 g/mol. The predicted molar refractivity (Wildman–Crippen MR) is 104 cm³/mol. The van der Waals surface area contributed by atoms with E-state index in [1.165, 1.54) is 6.26 Å². The van der Waals surface area contributed by atoms with E-state index in [1.54, 1.807) is 39.9 Å². The molecular formula is C17H14O3S4. The first-order valence-electron chi connectivity index (χ1n) is 6.98. The molecule has 1 heterocycles. The molecule has 0 aliphatic heterocycles. The third-order valence-corrected chi connectivity index (χ3v) is 7.75. The third kappa shape index (κ3) is 3.44. The van der Waals surface area contributed by atoms with Crippen molar-refractivity contribution in [2.45, 2.75) is 4.90 Å². The smallest absolute Gasteiger partial charge is 0.175 e. The first kappa shape index (κ1) is 17.3. The van der Waals surface area contributed by atoms with E-state index in [0.717, 1.165) is 31.1 Å². The average Bonchev–Trinajstić information content (AvgIpc) is 2.96. The van der Waals surface area contributed by atoms with Gasteiger partial charge in [-0.15, -0.1) is 0 Å². The number of ether oxygens (including phenoxy) is 1. The Bertz CT molecular complexity index is 1010. The molecule has 0 radical (unpaired) electrons. The van der Waals surface area contributed by atoms with Crippen molar-refractivity contribution in [3.63, 3.8) is 0 Å². The SMILES string of the molecule is COc1ccc(-c2c(-c3ccc(S(C)(=O)=O)cc3)ssc2=S)cc1. The van der Waals surface area contributed by atoms with E-state index < -0.39 is 9.84 Å². The minimum absolute atomic E-state index is 0.316. The van der Waals surface area contributed by atoms with E-state index in [1.807, 2.05) is 36.4 Å². The molecule has 0 saturated carbocycles. The first-order chi connectivity index (χ1) is 11.4. The Balaban J connectivity index is 2.08. The van der Waals surface area contributed by atoms with Crippen LogP contribution in [0.1, 0.15) is 0 Å². The molecule has 0 unspecified atom stereocenters. The fourth-order valence-corrected chi connectivity index (χ4v) is 5.86. The van der Waals surface area contributed by atoms with Crippen molar-refractivity contribution < 1.29 is 13.2 Å². The lowest BCUT2D eigenvalue weighted by Gasteiger charge is -2.06. The molecule has 3 aromatic rings. The van der Waals surface area contributed by atoms with Crippen LogP contribution in [-0.4, -0.2) is 21.8 Å². The summed E-state index contributed by atoms with van der Waals surface area (Å²) in [4.78, 5) is 1.37. The Labute approximate surface area is 153 Å². The van der Waals surface area contributed by atoms with Crippen LogP contribution in [0.2, 0.25) is 0 Å². The Morgan fingerprint density at radius 1 is 0.917 bits per heavy atom. The fourth-order valence-electron chi connectivity index (χ4n) is 2.31. The number of sulfone groups is 1. The van der Waals surface area contributed by atoms with Crippen LogP contribution in [0.4, 0.5) is 0 Å². The second-order valence-corrected chi connectivity index (χ2v) is 10.0. The molecule has 0 amide bonds. The zero-order valence-corrected chi connectivity index (χ0v) is 16.2. The Kier molecular flexibility index (Phi) is 4.87. The summed E-state index contributed by atoms with van der Waals surface area (Å²) in [5, 5.41) is 0. The molecule has 0 aliphatic rings. The summed E-state index contributed by atoms with van der Waals surface area (Å²) in [6.07, 6.45) is 1.21. The molecule has 0 N–H and O–H groups in total. The highest BCUT2D eigenvalue weighted by molar-refractivity contribution is 7.90. The van der Waals surface area contributed by atoms with Crippen LogP contribution in [-0.2, 0) is 9.84 Å². The predicted octanol–water partition coefficient (Wildman–Crippen LogP) is 5.29. The summed E-state index contributed by atoms with van der Waals surface area (Å²) in [7, 11) is 1.59. The van der Waals surface area contributed by atoms with Gasteiger partial charge in [-0.2, -0.15) is 0 Å². The highest BCUT2D eigenvalue weighted by Gasteiger charge is 2.14. The highest BCUT2D eigenvalue weighted by atomic mass is 32.9. The molecule has 2 aromatic carbocycles. The van der Waals surface area contributed by atoms with E-state index in [2.05, 4.69) is 0 Å². The summed E-state index contributed by atoms with van der Waals surface area (Å²) < 4.78 is 29.2. The number of methoxy groups -OCH3 is 1. The quantitative estimate of drug-likeness (QED) is 0.446. The van der Waals surface area contributed by atoms with Gasteiger partial charge < -0.3 is 4.74 Å². The number of hydrogen-bond acceptors (Lipinski definition) is 6. The van der Waals surface area contributed by atoms with Gasteiger partial charge in [0.15, 0.2) is 9.84 Å². The summed E-state index contributed by atoms with van der Waals surface area (Å²) in [6, 6.07) is 14.7. The van der Waals surface area contributed by atoms with Crippen LogP contribution < -0.4 is 4.74 Å². The van der Waals surface area contributed by atoms with Crippen LogP contribution in [0.5, 0.6) is 5.75 Å². The molecule has 0 saturated heterocycles. The summed E-state index contributed by atoms with van der Waals surface area (Å²) in [5.41, 5.74) is 3.00. The van der Waals surface area contributed by atoms with Crippen LogP contribution in [0, 0.1) is 3.82 Å². The fraction of sp³-hybridized carbons (Fsp3) is 0.118. The lowest BCUT2D eigenvalue weighted by Crippen LogP contribution is -1.96. The van der Waals surface area contributed by atoms with Gasteiger partial charge in [0.05, 0.1) is 16.9 Å². The van der Waals surface area contributed by atoms with Crippen molar-refractivity contribution >= 4 is 42.7 Å². The topological polar surface area (TPSA) is 43.4 Å². The largest absolute Gasteiger partial charge is 0.497 e. The van der Waals surface area contributed by atoms with Crippen LogP contribution >= 0.6 is 32.9 Å². The van der Waals surface area contributed by atoms with Crippen molar-refractivity contribution in [1.82, 2.24) is 0 Å². The maximum absolute atomic E-state index is 11.6. The van der Waals surface area contributed by atoms with Crippen molar-refractivity contribution in [1.29, 1.82) is 0 Å². The Hall–Kier alpha value is -1.54. The molecular weight excluding hydrogens is 380 g/mol. The maximum atomic E-state index is 11.6. The zero-order valence-electron chi connectivity index (χ0n) is 13.0. The van der Waals surface area contributed by atoms with E-state index in [0.29, 0.717) is 4.90 Å². The minimum Gasteiger partial charge on any atom is -0.497 e. The molecule has 124 valence electrons. The van der Waals surface area contributed by atoms with Crippen molar-refractivity contribution in [3.8, 4) is 27.3 Å². The van der Waals surface area contributed by atoms with Gasteiger partial charge in [0, 0.05) is 11.8 Å². The molecule has 1 aromatic heterocycles. The van der Waals surface area contributed by atoms with Crippen molar-refractivity contribution in [3.05, 3.63) is 52.4 Å². The van der Waals surface area contributed by atoms with Crippen LogP contribution in [0.3, 0.4) is 0 Å². The van der Waals surface area contributed by atoms with Crippen LogP contribution in [0.25, 0.3) is 21.6 Å². The average molecular weight is 395 g/mol. The molecule has 0 atom stereocenters. The van der Waals surface area contributed by atoms with Gasteiger partial charge in [0.2, 0.25) is 0 Å². The van der Waals surface area contributed by atoms with Gasteiger partial charge in [0.25, 0.3) is 0 Å². The molecule has 0 aliphatic carbocycles. The summed E-state index contributed by atoms with van der Waals surface area (Å²) >= 11 is 5.50. The first-order valence-corrected chi connectivity index (χ1v) is 11.4. The van der Waals surface area contributed by atoms with Gasteiger partial charge in [-0.1, -0.05) is 57.2 Å². The van der Waals surface area contributed by atoms with E-state index in [-0.39, 0.29) is 0 Å². The second kappa shape index (κ2) is 6.76. The minimum atomic E-state index is -3.20. The number of benzene rings is 2. The Morgan fingerprint density at radius 2 is 1.50 bits per heavy atom. The molecule has 3 rings (SSSR count). The third-order valence-electron chi connectivity index (χ3n) is 3.56. The van der Waals surface area contributed by atoms with Crippen molar-refractivity contribution in [2.24, 2.45) is 0 Å². The van der Waals surface area contributed by atoms with Gasteiger partial charge in [0.1, 0.15) is 9.57 Å². The number of rotatable bonds is 4.